The molecule has 0 N–H and O–H groups in total. The fraction of sp³-hybridized carbons (Fsp3) is 0.250. The van der Waals surface area contributed by atoms with Gasteiger partial charge in [0.05, 0.1) is 18.0 Å². The molecule has 1 aliphatic rings. The molecule has 1 unspecified atom stereocenters. The number of thioether (sulfide) groups is 1. The minimum atomic E-state index is -0.126. The van der Waals surface area contributed by atoms with Crippen LogP contribution in [0.5, 0.6) is 0 Å². The number of benzene rings is 2. The Kier molecular flexibility index (Phi) is 5.34. The van der Waals surface area contributed by atoms with E-state index in [1.54, 1.807) is 11.1 Å². The number of carbonyl (C=O) groups is 1. The van der Waals surface area contributed by atoms with E-state index < -0.39 is 0 Å². The first-order valence-electron chi connectivity index (χ1n) is 8.25. The van der Waals surface area contributed by atoms with Crippen LogP contribution in [0.1, 0.15) is 29.2 Å². The third kappa shape index (κ3) is 4.17. The monoisotopic (exact) mass is 351 g/mol. The van der Waals surface area contributed by atoms with Crippen LogP contribution in [0.4, 0.5) is 0 Å². The molecule has 4 nitrogen and oxygen atoms in total. The van der Waals surface area contributed by atoms with Gasteiger partial charge in [0.15, 0.2) is 5.17 Å². The predicted molar refractivity (Wildman–Crippen MR) is 105 cm³/mol. The Hall–Kier alpha value is -2.40. The normalized spacial score (nSPS) is 19.3. The van der Waals surface area contributed by atoms with Crippen molar-refractivity contribution in [1.82, 2.24) is 4.90 Å². The summed E-state index contributed by atoms with van der Waals surface area (Å²) < 4.78 is 0. The molecule has 1 fully saturated rings. The van der Waals surface area contributed by atoms with Crippen molar-refractivity contribution in [3.05, 3.63) is 70.8 Å². The van der Waals surface area contributed by atoms with Crippen LogP contribution in [-0.4, -0.2) is 27.4 Å². The van der Waals surface area contributed by atoms with Gasteiger partial charge in [0.2, 0.25) is 5.91 Å². The van der Waals surface area contributed by atoms with E-state index in [0.717, 1.165) is 16.7 Å². The third-order valence-corrected chi connectivity index (χ3v) is 5.14. The molecule has 3 rings (SSSR count). The third-order valence-electron chi connectivity index (χ3n) is 4.08. The fourth-order valence-electron chi connectivity index (χ4n) is 2.69. The molecular formula is C20H21N3OS. The molecule has 128 valence electrons. The van der Waals surface area contributed by atoms with E-state index >= 15 is 0 Å². The molecule has 5 heteroatoms. The fourth-order valence-corrected chi connectivity index (χ4v) is 3.61. The van der Waals surface area contributed by atoms with E-state index in [9.17, 15) is 4.79 Å². The molecule has 0 saturated carbocycles. The molecule has 1 saturated heterocycles. The van der Waals surface area contributed by atoms with Crippen LogP contribution in [0.15, 0.2) is 58.7 Å². The summed E-state index contributed by atoms with van der Waals surface area (Å²) in [6.45, 7) is 6.55. The second kappa shape index (κ2) is 7.66. The zero-order valence-electron chi connectivity index (χ0n) is 14.6. The minimum Gasteiger partial charge on any atom is -0.284 e. The van der Waals surface area contributed by atoms with Crippen molar-refractivity contribution in [3.8, 4) is 0 Å². The van der Waals surface area contributed by atoms with Gasteiger partial charge in [0.25, 0.3) is 0 Å². The molecule has 0 bridgehead atoms. The minimum absolute atomic E-state index is 0.0781. The highest BCUT2D eigenvalue weighted by atomic mass is 32.2. The number of aryl methyl sites for hydroxylation is 2. The summed E-state index contributed by atoms with van der Waals surface area (Å²) in [6, 6.07) is 16.1. The van der Waals surface area contributed by atoms with Crippen molar-refractivity contribution in [1.29, 1.82) is 0 Å². The quantitative estimate of drug-likeness (QED) is 0.613. The van der Waals surface area contributed by atoms with Crippen molar-refractivity contribution in [2.75, 3.05) is 0 Å². The summed E-state index contributed by atoms with van der Waals surface area (Å²) >= 11 is 1.46. The molecule has 0 aliphatic carbocycles. The summed E-state index contributed by atoms with van der Waals surface area (Å²) in [5.41, 5.74) is 4.50. The Morgan fingerprint density at radius 3 is 2.64 bits per heavy atom. The van der Waals surface area contributed by atoms with Gasteiger partial charge in [-0.25, -0.2) is 0 Å². The number of rotatable bonds is 4. The Labute approximate surface area is 152 Å². The van der Waals surface area contributed by atoms with Gasteiger partial charge in [-0.15, -0.1) is 5.10 Å². The molecule has 1 atom stereocenters. The second-order valence-corrected chi connectivity index (χ2v) is 7.47. The Balaban J connectivity index is 1.79. The molecule has 0 spiro atoms. The SMILES string of the molecule is Cc1ccc(C=NN=C2SC(C)C(=O)N2Cc2ccccc2)c(C)c1. The van der Waals surface area contributed by atoms with Gasteiger partial charge in [-0.1, -0.05) is 65.9 Å². The van der Waals surface area contributed by atoms with Gasteiger partial charge < -0.3 is 0 Å². The lowest BCUT2D eigenvalue weighted by atomic mass is 10.1. The molecule has 2 aromatic carbocycles. The van der Waals surface area contributed by atoms with Gasteiger partial charge in [-0.3, -0.25) is 9.69 Å². The van der Waals surface area contributed by atoms with Crippen molar-refractivity contribution < 1.29 is 4.79 Å². The Morgan fingerprint density at radius 2 is 1.92 bits per heavy atom. The molecule has 2 aromatic rings. The van der Waals surface area contributed by atoms with Crippen LogP contribution in [0.2, 0.25) is 0 Å². The number of hydrogen-bond donors (Lipinski definition) is 0. The maximum atomic E-state index is 12.4. The molecule has 0 aromatic heterocycles. The van der Waals surface area contributed by atoms with E-state index in [-0.39, 0.29) is 11.2 Å². The Morgan fingerprint density at radius 1 is 1.16 bits per heavy atom. The molecule has 1 amide bonds. The average molecular weight is 351 g/mol. The van der Waals surface area contributed by atoms with Crippen molar-refractivity contribution in [2.24, 2.45) is 10.2 Å². The summed E-state index contributed by atoms with van der Waals surface area (Å²) in [6.07, 6.45) is 1.75. The van der Waals surface area contributed by atoms with E-state index in [2.05, 4.69) is 36.2 Å². The van der Waals surface area contributed by atoms with Crippen LogP contribution in [-0.2, 0) is 11.3 Å². The van der Waals surface area contributed by atoms with Crippen molar-refractivity contribution >= 4 is 29.1 Å². The van der Waals surface area contributed by atoms with Gasteiger partial charge in [-0.05, 0) is 37.5 Å². The van der Waals surface area contributed by atoms with Gasteiger partial charge in [0, 0.05) is 0 Å². The number of amidine groups is 1. The molecule has 1 aliphatic heterocycles. The summed E-state index contributed by atoms with van der Waals surface area (Å²) in [4.78, 5) is 14.1. The molecular weight excluding hydrogens is 330 g/mol. The van der Waals surface area contributed by atoms with Gasteiger partial charge in [0.1, 0.15) is 0 Å². The standard InChI is InChI=1S/C20H21N3OS/c1-14-9-10-18(15(2)11-14)12-21-22-20-23(19(24)16(3)25-20)13-17-7-5-4-6-8-17/h4-12,16H,13H2,1-3H3. The average Bonchev–Trinajstić information content (AvgIpc) is 2.86. The maximum absolute atomic E-state index is 12.4. The summed E-state index contributed by atoms with van der Waals surface area (Å²) in [5, 5.41) is 9.07. The zero-order valence-corrected chi connectivity index (χ0v) is 15.5. The molecule has 25 heavy (non-hydrogen) atoms. The highest BCUT2D eigenvalue weighted by molar-refractivity contribution is 8.15. The Bertz CT molecular complexity index is 830. The highest BCUT2D eigenvalue weighted by Gasteiger charge is 2.35. The lowest BCUT2D eigenvalue weighted by molar-refractivity contribution is -0.126. The van der Waals surface area contributed by atoms with Crippen LogP contribution < -0.4 is 0 Å². The largest absolute Gasteiger partial charge is 0.284 e. The van der Waals surface area contributed by atoms with E-state index in [1.807, 2.05) is 43.3 Å². The predicted octanol–water partition coefficient (Wildman–Crippen LogP) is 4.16. The van der Waals surface area contributed by atoms with Crippen molar-refractivity contribution in [2.45, 2.75) is 32.6 Å². The van der Waals surface area contributed by atoms with Crippen LogP contribution in [0.25, 0.3) is 0 Å². The van der Waals surface area contributed by atoms with Crippen LogP contribution in [0.3, 0.4) is 0 Å². The van der Waals surface area contributed by atoms with Crippen LogP contribution in [0, 0.1) is 13.8 Å². The maximum Gasteiger partial charge on any atom is 0.242 e. The topological polar surface area (TPSA) is 45.0 Å². The second-order valence-electron chi connectivity index (χ2n) is 6.16. The lowest BCUT2D eigenvalue weighted by Crippen LogP contribution is -2.30. The van der Waals surface area contributed by atoms with Crippen molar-refractivity contribution in [3.63, 3.8) is 0 Å². The number of carbonyl (C=O) groups excluding carboxylic acids is 1. The van der Waals surface area contributed by atoms with E-state index in [4.69, 9.17) is 0 Å². The van der Waals surface area contributed by atoms with Gasteiger partial charge in [-0.2, -0.15) is 5.10 Å². The van der Waals surface area contributed by atoms with Crippen LogP contribution >= 0.6 is 11.8 Å². The first-order chi connectivity index (χ1) is 12.0. The van der Waals surface area contributed by atoms with Gasteiger partial charge >= 0.3 is 0 Å². The first kappa shape index (κ1) is 17.4. The number of hydrogen-bond acceptors (Lipinski definition) is 4. The number of amides is 1. The molecule has 0 radical (unpaired) electrons. The highest BCUT2D eigenvalue weighted by Crippen LogP contribution is 2.28. The summed E-state index contributed by atoms with van der Waals surface area (Å²) in [5.74, 6) is 0.0781. The van der Waals surface area contributed by atoms with E-state index in [0.29, 0.717) is 11.7 Å². The van der Waals surface area contributed by atoms with E-state index in [1.165, 1.54) is 17.3 Å². The smallest absolute Gasteiger partial charge is 0.242 e. The number of nitrogens with zero attached hydrogens (tertiary/aromatic N) is 3. The molecule has 1 heterocycles. The summed E-state index contributed by atoms with van der Waals surface area (Å²) in [7, 11) is 0. The lowest BCUT2D eigenvalue weighted by Gasteiger charge is -2.15. The first-order valence-corrected chi connectivity index (χ1v) is 9.13. The zero-order chi connectivity index (χ0) is 17.8.